The third-order valence-electron chi connectivity index (χ3n) is 6.64. The Balaban J connectivity index is 1.48. The molecule has 0 bridgehead atoms. The van der Waals surface area contributed by atoms with Crippen molar-refractivity contribution in [3.63, 3.8) is 0 Å². The molecule has 0 saturated heterocycles. The Morgan fingerprint density at radius 3 is 2.60 bits per heavy atom. The first-order chi connectivity index (χ1) is 18.9. The van der Waals surface area contributed by atoms with E-state index in [9.17, 15) is 27.5 Å². The van der Waals surface area contributed by atoms with Gasteiger partial charge in [0.1, 0.15) is 18.1 Å². The van der Waals surface area contributed by atoms with Crippen molar-refractivity contribution in [2.45, 2.75) is 36.8 Å². The number of methoxy groups -OCH3 is 1. The molecule has 212 valence electrons. The Bertz CT molecular complexity index is 1470. The lowest BCUT2D eigenvalue weighted by atomic mass is 9.93. The van der Waals surface area contributed by atoms with Crippen molar-refractivity contribution in [1.82, 2.24) is 10.3 Å². The minimum atomic E-state index is -5.28. The van der Waals surface area contributed by atoms with Crippen LogP contribution in [0.5, 0.6) is 17.2 Å². The summed E-state index contributed by atoms with van der Waals surface area (Å²) < 4.78 is 73.6. The van der Waals surface area contributed by atoms with Gasteiger partial charge in [0, 0.05) is 16.7 Å². The number of nitrogens with zero attached hydrogens (tertiary/aromatic N) is 1. The van der Waals surface area contributed by atoms with E-state index in [0.717, 1.165) is 25.0 Å². The van der Waals surface area contributed by atoms with Crippen molar-refractivity contribution in [1.29, 1.82) is 0 Å². The molecule has 8 nitrogen and oxygen atoms in total. The number of nitrogens with two attached hydrogens (primary N) is 1. The summed E-state index contributed by atoms with van der Waals surface area (Å²) in [6.45, 7) is -1.32. The molecule has 1 saturated carbocycles. The number of carbonyl (C=O) groups excluding carboxylic acids is 1. The van der Waals surface area contributed by atoms with Crippen LogP contribution < -0.4 is 25.3 Å². The Hall–Kier alpha value is -3.61. The number of rotatable bonds is 8. The molecule has 40 heavy (non-hydrogen) atoms. The van der Waals surface area contributed by atoms with E-state index < -0.39 is 41.8 Å². The molecule has 3 aromatic rings. The van der Waals surface area contributed by atoms with E-state index in [-0.39, 0.29) is 51.6 Å². The first-order valence-electron chi connectivity index (χ1n) is 12.2. The molecule has 2 aliphatic rings. The van der Waals surface area contributed by atoms with Gasteiger partial charge in [0.05, 0.1) is 36.5 Å². The summed E-state index contributed by atoms with van der Waals surface area (Å²) >= 11 is 5.89. The molecule has 2 unspecified atom stereocenters. The maximum absolute atomic E-state index is 14.4. The lowest BCUT2D eigenvalue weighted by Crippen LogP contribution is -2.51. The van der Waals surface area contributed by atoms with E-state index in [1.54, 1.807) is 0 Å². The van der Waals surface area contributed by atoms with Crippen molar-refractivity contribution in [3.8, 4) is 28.5 Å². The highest BCUT2D eigenvalue weighted by Gasteiger charge is 2.57. The number of benzene rings is 2. The molecule has 5 rings (SSSR count). The Morgan fingerprint density at radius 2 is 1.95 bits per heavy atom. The molecule has 1 aliphatic heterocycles. The van der Waals surface area contributed by atoms with Crippen LogP contribution in [0.3, 0.4) is 0 Å². The van der Waals surface area contributed by atoms with Gasteiger partial charge in [-0.1, -0.05) is 11.6 Å². The molecule has 13 heteroatoms. The van der Waals surface area contributed by atoms with E-state index in [4.69, 9.17) is 31.5 Å². The summed E-state index contributed by atoms with van der Waals surface area (Å²) in [6, 6.07) is 7.84. The molecule has 1 amide bonds. The monoisotopic (exact) mass is 581 g/mol. The van der Waals surface area contributed by atoms with Crippen molar-refractivity contribution >= 4 is 17.5 Å². The molecule has 1 fully saturated rings. The average Bonchev–Trinajstić information content (AvgIpc) is 3.67. The molecular weight excluding hydrogens is 558 g/mol. The van der Waals surface area contributed by atoms with Gasteiger partial charge in [0.25, 0.3) is 5.91 Å². The average molecular weight is 582 g/mol. The SMILES string of the molecule is COc1cc(C(=O)NCC(O)(c2cc3c(c(-c4ccc(F)c(Cl)c4)n2)OCC3N)C(F)(F)F)ccc1OC1CC1. The molecule has 0 radical (unpaired) electrons. The smallest absolute Gasteiger partial charge is 0.424 e. The van der Waals surface area contributed by atoms with Crippen LogP contribution in [0, 0.1) is 5.82 Å². The second kappa shape index (κ2) is 10.4. The van der Waals surface area contributed by atoms with Crippen LogP contribution in [-0.4, -0.2) is 48.5 Å². The minimum absolute atomic E-state index is 0.0106. The number of alkyl halides is 3. The molecule has 4 N–H and O–H groups in total. The van der Waals surface area contributed by atoms with Crippen molar-refractivity contribution in [2.75, 3.05) is 20.3 Å². The zero-order valence-electron chi connectivity index (χ0n) is 21.0. The van der Waals surface area contributed by atoms with Crippen molar-refractivity contribution < 1.29 is 41.7 Å². The molecule has 0 spiro atoms. The summed E-state index contributed by atoms with van der Waals surface area (Å²) in [6.07, 6.45) is -3.43. The Morgan fingerprint density at radius 1 is 1.20 bits per heavy atom. The van der Waals surface area contributed by atoms with Gasteiger partial charge >= 0.3 is 6.18 Å². The van der Waals surface area contributed by atoms with Gasteiger partial charge in [-0.2, -0.15) is 13.2 Å². The molecule has 1 aromatic heterocycles. The largest absolute Gasteiger partial charge is 0.493 e. The zero-order valence-corrected chi connectivity index (χ0v) is 21.8. The standard InChI is InChI=1S/C27H24ClF4N3O5/c1-38-21-9-14(3-7-20(21)40-15-4-5-15)25(36)34-12-26(37,27(30,31)32)22-10-16-19(33)11-39-24(16)23(35-22)13-2-6-18(29)17(28)8-13/h2-3,6-10,15,19,37H,4-5,11-12,33H2,1H3,(H,34,36). The molecule has 2 atom stereocenters. The number of fused-ring (bicyclic) bond motifs is 1. The number of aromatic nitrogens is 1. The van der Waals surface area contributed by atoms with Crippen molar-refractivity contribution in [2.24, 2.45) is 5.73 Å². The summed E-state index contributed by atoms with van der Waals surface area (Å²) in [4.78, 5) is 16.9. The van der Waals surface area contributed by atoms with Crippen molar-refractivity contribution in [3.05, 3.63) is 70.1 Å². The number of halogens is 5. The molecule has 2 heterocycles. The third-order valence-corrected chi connectivity index (χ3v) is 6.93. The van der Waals surface area contributed by atoms with Crippen LogP contribution in [0.15, 0.2) is 42.5 Å². The fraction of sp³-hybridized carbons (Fsp3) is 0.333. The first-order valence-corrected chi connectivity index (χ1v) is 12.6. The lowest BCUT2D eigenvalue weighted by molar-refractivity contribution is -0.265. The van der Waals surface area contributed by atoms with Gasteiger partial charge in [-0.25, -0.2) is 9.37 Å². The second-order valence-corrected chi connectivity index (χ2v) is 9.95. The number of aliphatic hydroxyl groups is 1. The molecular formula is C27H24ClF4N3O5. The Labute approximate surface area is 231 Å². The van der Waals surface area contributed by atoms with Gasteiger partial charge in [-0.3, -0.25) is 4.79 Å². The fourth-order valence-electron chi connectivity index (χ4n) is 4.21. The summed E-state index contributed by atoms with van der Waals surface area (Å²) in [5, 5.41) is 12.9. The third kappa shape index (κ3) is 5.26. The van der Waals surface area contributed by atoms with Crippen LogP contribution in [0.4, 0.5) is 17.6 Å². The van der Waals surface area contributed by atoms with E-state index in [2.05, 4.69) is 10.3 Å². The van der Waals surface area contributed by atoms with Crippen LogP contribution in [0.1, 0.15) is 40.5 Å². The highest BCUT2D eigenvalue weighted by Crippen LogP contribution is 2.45. The summed E-state index contributed by atoms with van der Waals surface area (Å²) in [5.74, 6) is -0.905. The normalized spacial score (nSPS) is 17.9. The van der Waals surface area contributed by atoms with Gasteiger partial charge in [0.15, 0.2) is 17.2 Å². The summed E-state index contributed by atoms with van der Waals surface area (Å²) in [5.41, 5.74) is 1.76. The number of pyridine rings is 1. The highest BCUT2D eigenvalue weighted by atomic mass is 35.5. The quantitative estimate of drug-likeness (QED) is 0.331. The van der Waals surface area contributed by atoms with Crippen LogP contribution in [0.2, 0.25) is 5.02 Å². The van der Waals surface area contributed by atoms with Crippen LogP contribution in [-0.2, 0) is 5.60 Å². The fourth-order valence-corrected chi connectivity index (χ4v) is 4.39. The second-order valence-electron chi connectivity index (χ2n) is 9.54. The number of nitrogens with one attached hydrogen (secondary N) is 1. The predicted octanol–water partition coefficient (Wildman–Crippen LogP) is 4.66. The van der Waals surface area contributed by atoms with Gasteiger partial charge in [-0.05, 0) is 55.3 Å². The van der Waals surface area contributed by atoms with E-state index in [0.29, 0.717) is 5.75 Å². The molecule has 1 aliphatic carbocycles. The van der Waals surface area contributed by atoms with Gasteiger partial charge in [0.2, 0.25) is 5.60 Å². The first kappa shape index (κ1) is 27.9. The summed E-state index contributed by atoms with van der Waals surface area (Å²) in [7, 11) is 1.37. The zero-order chi connectivity index (χ0) is 28.8. The number of hydrogen-bond donors (Lipinski definition) is 3. The predicted molar refractivity (Wildman–Crippen MR) is 136 cm³/mol. The number of ether oxygens (including phenoxy) is 3. The Kier molecular flexibility index (Phi) is 7.28. The van der Waals surface area contributed by atoms with E-state index in [1.807, 2.05) is 0 Å². The number of amides is 1. The van der Waals surface area contributed by atoms with E-state index >= 15 is 0 Å². The molecule has 2 aromatic carbocycles. The van der Waals surface area contributed by atoms with Gasteiger partial charge < -0.3 is 30.4 Å². The van der Waals surface area contributed by atoms with Crippen LogP contribution in [0.25, 0.3) is 11.3 Å². The highest BCUT2D eigenvalue weighted by molar-refractivity contribution is 6.31. The van der Waals surface area contributed by atoms with Crippen LogP contribution >= 0.6 is 11.6 Å². The van der Waals surface area contributed by atoms with Gasteiger partial charge in [-0.15, -0.1) is 0 Å². The topological polar surface area (TPSA) is 116 Å². The minimum Gasteiger partial charge on any atom is -0.493 e. The number of carbonyl (C=O) groups is 1. The number of hydrogen-bond acceptors (Lipinski definition) is 7. The van der Waals surface area contributed by atoms with E-state index in [1.165, 1.54) is 37.4 Å². The maximum atomic E-state index is 14.4. The lowest BCUT2D eigenvalue weighted by Gasteiger charge is -2.31. The maximum Gasteiger partial charge on any atom is 0.424 e.